The zero-order valence-electron chi connectivity index (χ0n) is 11.8. The fourth-order valence-electron chi connectivity index (χ4n) is 1.92. The highest BCUT2D eigenvalue weighted by Crippen LogP contribution is 2.14. The largest absolute Gasteiger partial charge is 0.322 e. The lowest BCUT2D eigenvalue weighted by molar-refractivity contribution is 0.101. The summed E-state index contributed by atoms with van der Waals surface area (Å²) in [5, 5.41) is 7.03. The van der Waals surface area contributed by atoms with Crippen molar-refractivity contribution in [3.05, 3.63) is 47.3 Å². The molecule has 2 rings (SSSR count). The van der Waals surface area contributed by atoms with E-state index in [2.05, 4.69) is 10.4 Å². The van der Waals surface area contributed by atoms with E-state index in [1.54, 1.807) is 42.1 Å². The number of aryl methyl sites for hydroxylation is 2. The van der Waals surface area contributed by atoms with Gasteiger partial charge < -0.3 is 5.32 Å². The van der Waals surface area contributed by atoms with E-state index >= 15 is 0 Å². The summed E-state index contributed by atoms with van der Waals surface area (Å²) in [5.41, 5.74) is 2.40. The number of anilines is 1. The lowest BCUT2D eigenvalue weighted by atomic mass is 10.1. The van der Waals surface area contributed by atoms with Crippen LogP contribution < -0.4 is 5.32 Å². The molecule has 0 spiro atoms. The van der Waals surface area contributed by atoms with Crippen LogP contribution in [0.4, 0.5) is 5.69 Å². The van der Waals surface area contributed by atoms with Crippen LogP contribution in [0.2, 0.25) is 0 Å². The van der Waals surface area contributed by atoms with E-state index in [1.807, 2.05) is 6.92 Å². The molecule has 1 aromatic carbocycles. The summed E-state index contributed by atoms with van der Waals surface area (Å²) in [4.78, 5) is 23.5. The summed E-state index contributed by atoms with van der Waals surface area (Å²) in [7, 11) is 0. The van der Waals surface area contributed by atoms with Gasteiger partial charge in [-0.15, -0.1) is 0 Å². The van der Waals surface area contributed by atoms with Gasteiger partial charge in [-0.2, -0.15) is 5.10 Å². The predicted octanol–water partition coefficient (Wildman–Crippen LogP) is 2.67. The zero-order chi connectivity index (χ0) is 14.7. The van der Waals surface area contributed by atoms with Gasteiger partial charge in [-0.3, -0.25) is 14.3 Å². The minimum atomic E-state index is -0.220. The maximum atomic E-state index is 12.2. The van der Waals surface area contributed by atoms with Gasteiger partial charge in [0.05, 0.1) is 11.3 Å². The molecule has 104 valence electrons. The van der Waals surface area contributed by atoms with Crippen molar-refractivity contribution in [2.75, 3.05) is 5.32 Å². The number of carbonyl (C=O) groups excluding carboxylic acids is 2. The van der Waals surface area contributed by atoms with Gasteiger partial charge in [0, 0.05) is 24.0 Å². The number of Topliss-reactive ketones (excluding diaryl/α,β-unsaturated/α-hetero) is 1. The molecule has 0 radical (unpaired) electrons. The number of nitrogens with one attached hydrogen (secondary N) is 1. The summed E-state index contributed by atoms with van der Waals surface area (Å²) in [5.74, 6) is -0.251. The monoisotopic (exact) mass is 271 g/mol. The van der Waals surface area contributed by atoms with Crippen molar-refractivity contribution in [2.24, 2.45) is 0 Å². The number of rotatable bonds is 4. The highest BCUT2D eigenvalue weighted by molar-refractivity contribution is 6.05. The van der Waals surface area contributed by atoms with Gasteiger partial charge >= 0.3 is 0 Å². The van der Waals surface area contributed by atoms with Gasteiger partial charge in [0.25, 0.3) is 5.91 Å². The van der Waals surface area contributed by atoms with E-state index in [1.165, 1.54) is 6.92 Å². The quantitative estimate of drug-likeness (QED) is 0.869. The zero-order valence-corrected chi connectivity index (χ0v) is 11.8. The molecule has 2 aromatic rings. The van der Waals surface area contributed by atoms with Gasteiger partial charge in [0.2, 0.25) is 0 Å². The van der Waals surface area contributed by atoms with Gasteiger partial charge in [-0.1, -0.05) is 12.1 Å². The number of aromatic nitrogens is 2. The van der Waals surface area contributed by atoms with Crippen LogP contribution in [0.25, 0.3) is 0 Å². The first kappa shape index (κ1) is 14.0. The minimum absolute atomic E-state index is 0.0314. The molecule has 1 N–H and O–H groups in total. The Kier molecular flexibility index (Phi) is 3.98. The predicted molar refractivity (Wildman–Crippen MR) is 77.0 cm³/mol. The highest BCUT2D eigenvalue weighted by Gasteiger charge is 2.13. The van der Waals surface area contributed by atoms with E-state index < -0.39 is 0 Å². The van der Waals surface area contributed by atoms with E-state index in [-0.39, 0.29) is 11.7 Å². The van der Waals surface area contributed by atoms with Crippen molar-refractivity contribution < 1.29 is 9.59 Å². The second kappa shape index (κ2) is 5.69. The molecule has 1 amide bonds. The molecular weight excluding hydrogens is 254 g/mol. The SMILES string of the molecule is CCn1cc(C(=O)Nc2cccc(C(C)=O)c2)c(C)n1. The molecule has 0 aliphatic heterocycles. The van der Waals surface area contributed by atoms with Crippen molar-refractivity contribution in [3.8, 4) is 0 Å². The van der Waals surface area contributed by atoms with Crippen LogP contribution in [0.15, 0.2) is 30.5 Å². The number of nitrogens with zero attached hydrogens (tertiary/aromatic N) is 2. The van der Waals surface area contributed by atoms with Crippen molar-refractivity contribution >= 4 is 17.4 Å². The molecule has 5 heteroatoms. The Balaban J connectivity index is 2.21. The lowest BCUT2D eigenvalue weighted by Gasteiger charge is -2.05. The second-order valence-electron chi connectivity index (χ2n) is 4.57. The average molecular weight is 271 g/mol. The fourth-order valence-corrected chi connectivity index (χ4v) is 1.92. The van der Waals surface area contributed by atoms with Crippen LogP contribution in [0, 0.1) is 6.92 Å². The molecule has 0 aliphatic rings. The Morgan fingerprint density at radius 2 is 2.10 bits per heavy atom. The molecule has 0 unspecified atom stereocenters. The topological polar surface area (TPSA) is 64.0 Å². The van der Waals surface area contributed by atoms with E-state index in [9.17, 15) is 9.59 Å². The van der Waals surface area contributed by atoms with Crippen LogP contribution in [0.1, 0.15) is 40.3 Å². The number of hydrogen-bond acceptors (Lipinski definition) is 3. The maximum Gasteiger partial charge on any atom is 0.259 e. The Bertz CT molecular complexity index is 659. The molecule has 0 saturated heterocycles. The molecule has 0 bridgehead atoms. The van der Waals surface area contributed by atoms with Gasteiger partial charge in [0.15, 0.2) is 5.78 Å². The fraction of sp³-hybridized carbons (Fsp3) is 0.267. The Morgan fingerprint density at radius 3 is 2.70 bits per heavy atom. The van der Waals surface area contributed by atoms with Crippen LogP contribution in [-0.2, 0) is 6.54 Å². The molecule has 0 aliphatic carbocycles. The van der Waals surface area contributed by atoms with Crippen molar-refractivity contribution in [2.45, 2.75) is 27.3 Å². The van der Waals surface area contributed by atoms with Crippen LogP contribution in [0.5, 0.6) is 0 Å². The summed E-state index contributed by atoms with van der Waals surface area (Å²) >= 11 is 0. The Labute approximate surface area is 117 Å². The lowest BCUT2D eigenvalue weighted by Crippen LogP contribution is -2.12. The molecule has 1 aromatic heterocycles. The van der Waals surface area contributed by atoms with Crippen molar-refractivity contribution in [3.63, 3.8) is 0 Å². The minimum Gasteiger partial charge on any atom is -0.322 e. The van der Waals surface area contributed by atoms with Crippen LogP contribution in [0.3, 0.4) is 0 Å². The number of amides is 1. The summed E-state index contributed by atoms with van der Waals surface area (Å²) in [6.07, 6.45) is 1.72. The molecule has 5 nitrogen and oxygen atoms in total. The van der Waals surface area contributed by atoms with E-state index in [4.69, 9.17) is 0 Å². The Morgan fingerprint density at radius 1 is 1.35 bits per heavy atom. The third-order valence-corrected chi connectivity index (χ3v) is 3.04. The summed E-state index contributed by atoms with van der Waals surface area (Å²) < 4.78 is 1.72. The molecule has 0 saturated carbocycles. The number of ketones is 1. The number of hydrogen-bond donors (Lipinski definition) is 1. The molecule has 20 heavy (non-hydrogen) atoms. The Hall–Kier alpha value is -2.43. The van der Waals surface area contributed by atoms with Gasteiger partial charge in [-0.25, -0.2) is 0 Å². The third kappa shape index (κ3) is 2.93. The molecule has 1 heterocycles. The third-order valence-electron chi connectivity index (χ3n) is 3.04. The van der Waals surface area contributed by atoms with E-state index in [0.29, 0.717) is 29.1 Å². The first-order valence-corrected chi connectivity index (χ1v) is 6.47. The van der Waals surface area contributed by atoms with Crippen LogP contribution in [-0.4, -0.2) is 21.5 Å². The van der Waals surface area contributed by atoms with Crippen molar-refractivity contribution in [1.29, 1.82) is 0 Å². The molecular formula is C15H17N3O2. The van der Waals surface area contributed by atoms with Gasteiger partial charge in [-0.05, 0) is 32.9 Å². The first-order chi connectivity index (χ1) is 9.51. The number of carbonyl (C=O) groups is 2. The second-order valence-corrected chi connectivity index (χ2v) is 4.57. The average Bonchev–Trinajstić information content (AvgIpc) is 2.80. The summed E-state index contributed by atoms with van der Waals surface area (Å²) in [6.45, 7) is 5.97. The first-order valence-electron chi connectivity index (χ1n) is 6.47. The van der Waals surface area contributed by atoms with Gasteiger partial charge in [0.1, 0.15) is 0 Å². The standard InChI is InChI=1S/C15H17N3O2/c1-4-18-9-14(10(2)17-18)15(20)16-13-7-5-6-12(8-13)11(3)19/h5-9H,4H2,1-3H3,(H,16,20). The summed E-state index contributed by atoms with van der Waals surface area (Å²) in [6, 6.07) is 6.89. The van der Waals surface area contributed by atoms with Crippen LogP contribution >= 0.6 is 0 Å². The number of benzene rings is 1. The van der Waals surface area contributed by atoms with Crippen molar-refractivity contribution in [1.82, 2.24) is 9.78 Å². The highest BCUT2D eigenvalue weighted by atomic mass is 16.1. The molecule has 0 fully saturated rings. The normalized spacial score (nSPS) is 10.3. The maximum absolute atomic E-state index is 12.2. The van der Waals surface area contributed by atoms with E-state index in [0.717, 1.165) is 0 Å². The smallest absolute Gasteiger partial charge is 0.259 e. The molecule has 0 atom stereocenters.